The summed E-state index contributed by atoms with van der Waals surface area (Å²) in [6.07, 6.45) is 0.495. The van der Waals surface area contributed by atoms with Gasteiger partial charge in [0.25, 0.3) is 0 Å². The molecule has 0 saturated heterocycles. The summed E-state index contributed by atoms with van der Waals surface area (Å²) in [5.41, 5.74) is 1.93. The van der Waals surface area contributed by atoms with Crippen molar-refractivity contribution < 1.29 is 19.4 Å². The van der Waals surface area contributed by atoms with Crippen LogP contribution < -0.4 is 9.64 Å². The van der Waals surface area contributed by atoms with E-state index >= 15 is 0 Å². The third-order valence-corrected chi connectivity index (χ3v) is 3.47. The van der Waals surface area contributed by atoms with Crippen molar-refractivity contribution in [3.63, 3.8) is 0 Å². The molecular formula is C14H17NO4. The molecule has 102 valence electrons. The molecule has 0 spiro atoms. The van der Waals surface area contributed by atoms with Gasteiger partial charge >= 0.3 is 0 Å². The molecule has 1 aliphatic rings. The molecule has 0 aromatic heterocycles. The summed E-state index contributed by atoms with van der Waals surface area (Å²) >= 11 is 0. The summed E-state index contributed by atoms with van der Waals surface area (Å²) in [6.45, 7) is 3.28. The van der Waals surface area contributed by atoms with E-state index in [9.17, 15) is 14.7 Å². The van der Waals surface area contributed by atoms with Crippen LogP contribution in [0, 0.1) is 5.92 Å². The summed E-state index contributed by atoms with van der Waals surface area (Å²) in [5, 5.41) is 10.1. The van der Waals surface area contributed by atoms with Gasteiger partial charge in [0.05, 0.1) is 18.4 Å². The van der Waals surface area contributed by atoms with Crippen molar-refractivity contribution >= 4 is 17.9 Å². The van der Waals surface area contributed by atoms with E-state index in [4.69, 9.17) is 4.74 Å². The maximum absolute atomic E-state index is 11.7. The lowest BCUT2D eigenvalue weighted by molar-refractivity contribution is -0.119. The lowest BCUT2D eigenvalue weighted by Crippen LogP contribution is -2.47. The molecule has 1 aromatic carbocycles. The lowest BCUT2D eigenvalue weighted by Gasteiger charge is -2.37. The molecule has 1 amide bonds. The first-order valence-electron chi connectivity index (χ1n) is 6.13. The van der Waals surface area contributed by atoms with Crippen LogP contribution in [0.3, 0.4) is 0 Å². The summed E-state index contributed by atoms with van der Waals surface area (Å²) in [6, 6.07) is 3.36. The van der Waals surface area contributed by atoms with E-state index in [0.29, 0.717) is 23.4 Å². The quantitative estimate of drug-likeness (QED) is 0.818. The Labute approximate surface area is 111 Å². The highest BCUT2D eigenvalue weighted by atomic mass is 16.5. The summed E-state index contributed by atoms with van der Waals surface area (Å²) in [7, 11) is 1.47. The Morgan fingerprint density at radius 3 is 2.74 bits per heavy atom. The van der Waals surface area contributed by atoms with Gasteiger partial charge < -0.3 is 9.84 Å². The van der Waals surface area contributed by atoms with Crippen LogP contribution in [0.4, 0.5) is 5.69 Å². The molecule has 5 nitrogen and oxygen atoms in total. The highest BCUT2D eigenvalue weighted by Crippen LogP contribution is 2.37. The Bertz CT molecular complexity index is 526. The minimum Gasteiger partial charge on any atom is -0.496 e. The van der Waals surface area contributed by atoms with Gasteiger partial charge in [-0.15, -0.1) is 0 Å². The molecule has 0 fully saturated rings. The molecule has 5 heteroatoms. The molecular weight excluding hydrogens is 246 g/mol. The van der Waals surface area contributed by atoms with Gasteiger partial charge in [-0.1, -0.05) is 6.92 Å². The summed E-state index contributed by atoms with van der Waals surface area (Å²) < 4.78 is 5.14. The molecule has 0 bridgehead atoms. The van der Waals surface area contributed by atoms with Crippen LogP contribution in [0.5, 0.6) is 5.75 Å². The molecule has 0 saturated carbocycles. The number of hydrogen-bond acceptors (Lipinski definition) is 4. The number of benzene rings is 1. The number of methoxy groups -OCH3 is 1. The molecule has 2 atom stereocenters. The van der Waals surface area contributed by atoms with Crippen molar-refractivity contribution in [1.82, 2.24) is 0 Å². The maximum Gasteiger partial charge on any atom is 0.225 e. The Kier molecular flexibility index (Phi) is 3.57. The molecule has 0 radical (unpaired) electrons. The van der Waals surface area contributed by atoms with Crippen LogP contribution in [-0.4, -0.2) is 30.6 Å². The first kappa shape index (κ1) is 13.5. The predicted molar refractivity (Wildman–Crippen MR) is 70.4 cm³/mol. The van der Waals surface area contributed by atoms with E-state index in [0.717, 1.165) is 11.8 Å². The molecule has 1 unspecified atom stereocenters. The minimum atomic E-state index is -0.850. The van der Waals surface area contributed by atoms with Gasteiger partial charge in [-0.3, -0.25) is 14.5 Å². The van der Waals surface area contributed by atoms with Crippen LogP contribution in [-0.2, 0) is 11.2 Å². The second-order valence-corrected chi connectivity index (χ2v) is 4.82. The van der Waals surface area contributed by atoms with Crippen LogP contribution >= 0.6 is 0 Å². The van der Waals surface area contributed by atoms with E-state index in [1.54, 1.807) is 12.1 Å². The van der Waals surface area contributed by atoms with Crippen molar-refractivity contribution in [3.8, 4) is 5.75 Å². The summed E-state index contributed by atoms with van der Waals surface area (Å²) in [4.78, 5) is 24.1. The normalized spacial score (nSPS) is 21.8. The number of fused-ring (bicyclic) bond motifs is 1. The van der Waals surface area contributed by atoms with Crippen LogP contribution in [0.2, 0.25) is 0 Å². The molecule has 2 rings (SSSR count). The van der Waals surface area contributed by atoms with Gasteiger partial charge in [-0.25, -0.2) is 0 Å². The number of amides is 1. The minimum absolute atomic E-state index is 0.0794. The van der Waals surface area contributed by atoms with Gasteiger partial charge in [0.2, 0.25) is 5.91 Å². The van der Waals surface area contributed by atoms with E-state index in [1.807, 2.05) is 6.92 Å². The second-order valence-electron chi connectivity index (χ2n) is 4.82. The first-order valence-corrected chi connectivity index (χ1v) is 6.13. The van der Waals surface area contributed by atoms with Crippen molar-refractivity contribution in [3.05, 3.63) is 23.3 Å². The van der Waals surface area contributed by atoms with Crippen molar-refractivity contribution in [2.75, 3.05) is 12.0 Å². The molecule has 0 aliphatic carbocycles. The number of aliphatic hydroxyl groups is 1. The van der Waals surface area contributed by atoms with E-state index in [2.05, 4.69) is 0 Å². The fourth-order valence-corrected chi connectivity index (χ4v) is 2.49. The number of carbonyl (C=O) groups excluding carboxylic acids is 2. The highest BCUT2D eigenvalue weighted by molar-refractivity contribution is 5.94. The van der Waals surface area contributed by atoms with Gasteiger partial charge in [-0.2, -0.15) is 0 Å². The molecule has 1 aromatic rings. The highest BCUT2D eigenvalue weighted by Gasteiger charge is 2.33. The van der Waals surface area contributed by atoms with Gasteiger partial charge in [0, 0.05) is 18.9 Å². The zero-order valence-electron chi connectivity index (χ0n) is 11.2. The zero-order chi connectivity index (χ0) is 14.2. The Morgan fingerprint density at radius 1 is 1.53 bits per heavy atom. The first-order chi connectivity index (χ1) is 8.99. The number of nitrogens with zero attached hydrogens (tertiary/aromatic N) is 1. The fraction of sp³-hybridized carbons (Fsp3) is 0.429. The number of ether oxygens (including phenoxy) is 1. The molecule has 1 aliphatic heterocycles. The number of aliphatic hydroxyl groups excluding tert-OH is 1. The monoisotopic (exact) mass is 263 g/mol. The zero-order valence-corrected chi connectivity index (χ0v) is 11.2. The number of aldehydes is 1. The molecule has 1 heterocycles. The third kappa shape index (κ3) is 2.21. The summed E-state index contributed by atoms with van der Waals surface area (Å²) in [5.74, 6) is 0.0901. The predicted octanol–water partition coefficient (Wildman–Crippen LogP) is 1.37. The van der Waals surface area contributed by atoms with Gasteiger partial charge in [-0.05, 0) is 18.1 Å². The molecule has 19 heavy (non-hydrogen) atoms. The number of hydrogen-bond donors (Lipinski definition) is 1. The Morgan fingerprint density at radius 2 is 2.21 bits per heavy atom. The van der Waals surface area contributed by atoms with Crippen LogP contribution in [0.15, 0.2) is 12.1 Å². The van der Waals surface area contributed by atoms with Gasteiger partial charge in [0.15, 0.2) is 6.29 Å². The van der Waals surface area contributed by atoms with Crippen molar-refractivity contribution in [2.45, 2.75) is 26.5 Å². The standard InChI is InChI=1S/C14H17NO4/c1-8-4-10-5-11(7-16)13(19-3)6-12(10)15(9(2)17)14(8)18/h5-8,14,18H,4H2,1-3H3/t8?,14-/m0/s1. The Balaban J connectivity index is 2.61. The largest absolute Gasteiger partial charge is 0.496 e. The smallest absolute Gasteiger partial charge is 0.225 e. The Hall–Kier alpha value is -1.88. The number of rotatable bonds is 2. The van der Waals surface area contributed by atoms with Gasteiger partial charge in [0.1, 0.15) is 12.0 Å². The average molecular weight is 263 g/mol. The molecule has 1 N–H and O–H groups in total. The van der Waals surface area contributed by atoms with Crippen LogP contribution in [0.1, 0.15) is 29.8 Å². The SMILES string of the molecule is COc1cc2c(cc1C=O)CC(C)[C@H](O)N2C(C)=O. The maximum atomic E-state index is 11.7. The number of anilines is 1. The fourth-order valence-electron chi connectivity index (χ4n) is 2.49. The van der Waals surface area contributed by atoms with Crippen LogP contribution in [0.25, 0.3) is 0 Å². The van der Waals surface area contributed by atoms with E-state index in [-0.39, 0.29) is 11.8 Å². The third-order valence-electron chi connectivity index (χ3n) is 3.47. The van der Waals surface area contributed by atoms with Crippen molar-refractivity contribution in [1.29, 1.82) is 0 Å². The van der Waals surface area contributed by atoms with Crippen molar-refractivity contribution in [2.24, 2.45) is 5.92 Å². The topological polar surface area (TPSA) is 66.8 Å². The lowest BCUT2D eigenvalue weighted by atomic mass is 9.90. The van der Waals surface area contributed by atoms with E-state index < -0.39 is 6.23 Å². The van der Waals surface area contributed by atoms with E-state index in [1.165, 1.54) is 18.9 Å². The average Bonchev–Trinajstić information content (AvgIpc) is 2.38. The number of carbonyl (C=O) groups is 2. The second kappa shape index (κ2) is 5.01.